The van der Waals surface area contributed by atoms with Crippen LogP contribution >= 0.6 is 11.3 Å². The summed E-state index contributed by atoms with van der Waals surface area (Å²) in [5.41, 5.74) is 7.50. The molecule has 0 radical (unpaired) electrons. The Labute approximate surface area is 143 Å². The number of amides is 2. The molecule has 3 aromatic rings. The number of rotatable bonds is 3. The Bertz CT molecular complexity index is 870. The van der Waals surface area contributed by atoms with Gasteiger partial charge >= 0.3 is 0 Å². The van der Waals surface area contributed by atoms with Crippen LogP contribution in [0.3, 0.4) is 0 Å². The van der Waals surface area contributed by atoms with Gasteiger partial charge in [-0.2, -0.15) is 5.10 Å². The second kappa shape index (κ2) is 6.67. The number of aryl methyl sites for hydroxylation is 1. The quantitative estimate of drug-likeness (QED) is 0.720. The van der Waals surface area contributed by atoms with Crippen LogP contribution in [0, 0.1) is 13.8 Å². The van der Waals surface area contributed by atoms with Gasteiger partial charge in [-0.3, -0.25) is 20.4 Å². The van der Waals surface area contributed by atoms with Crippen molar-refractivity contribution in [3.05, 3.63) is 69.7 Å². The molecule has 0 bridgehead atoms. The summed E-state index contributed by atoms with van der Waals surface area (Å²) < 4.78 is 1.71. The lowest BCUT2D eigenvalue weighted by Crippen LogP contribution is -2.41. The Morgan fingerprint density at radius 1 is 1.00 bits per heavy atom. The molecule has 0 aliphatic heterocycles. The fourth-order valence-corrected chi connectivity index (χ4v) is 3.06. The number of para-hydroxylation sites is 1. The van der Waals surface area contributed by atoms with Crippen molar-refractivity contribution in [1.29, 1.82) is 0 Å². The molecule has 7 heteroatoms. The van der Waals surface area contributed by atoms with Gasteiger partial charge in [0.25, 0.3) is 11.8 Å². The van der Waals surface area contributed by atoms with E-state index in [4.69, 9.17) is 0 Å². The van der Waals surface area contributed by atoms with E-state index in [0.717, 1.165) is 5.69 Å². The van der Waals surface area contributed by atoms with Gasteiger partial charge in [-0.15, -0.1) is 11.3 Å². The van der Waals surface area contributed by atoms with Gasteiger partial charge in [0, 0.05) is 0 Å². The monoisotopic (exact) mass is 340 g/mol. The minimum atomic E-state index is -0.392. The highest BCUT2D eigenvalue weighted by Crippen LogP contribution is 2.17. The average Bonchev–Trinajstić information content (AvgIpc) is 3.22. The zero-order valence-corrected chi connectivity index (χ0v) is 14.1. The summed E-state index contributed by atoms with van der Waals surface area (Å²) in [4.78, 5) is 24.9. The SMILES string of the molecule is Cc1nn(-c2ccccc2)c(C)c1C(=O)NNC(=O)c1cccs1. The third kappa shape index (κ3) is 3.07. The fourth-order valence-electron chi connectivity index (χ4n) is 2.44. The van der Waals surface area contributed by atoms with Gasteiger partial charge < -0.3 is 0 Å². The first-order valence-electron chi connectivity index (χ1n) is 7.33. The van der Waals surface area contributed by atoms with Gasteiger partial charge in [-0.1, -0.05) is 24.3 Å². The Hall–Kier alpha value is -2.93. The van der Waals surface area contributed by atoms with E-state index < -0.39 is 5.91 Å². The molecule has 2 amide bonds. The van der Waals surface area contributed by atoms with Crippen molar-refractivity contribution in [1.82, 2.24) is 20.6 Å². The van der Waals surface area contributed by atoms with Crippen molar-refractivity contribution in [3.8, 4) is 5.69 Å². The number of carbonyl (C=O) groups is 2. The Kier molecular flexibility index (Phi) is 4.43. The Morgan fingerprint density at radius 2 is 1.71 bits per heavy atom. The summed E-state index contributed by atoms with van der Waals surface area (Å²) >= 11 is 1.31. The molecule has 0 saturated carbocycles. The molecule has 0 atom stereocenters. The molecule has 0 aliphatic carbocycles. The van der Waals surface area contributed by atoms with Gasteiger partial charge in [0.2, 0.25) is 0 Å². The number of aromatic nitrogens is 2. The number of nitrogens with zero attached hydrogens (tertiary/aromatic N) is 2. The highest BCUT2D eigenvalue weighted by Gasteiger charge is 2.20. The molecule has 0 fully saturated rings. The number of carbonyl (C=O) groups excluding carboxylic acids is 2. The molecule has 0 aliphatic rings. The maximum Gasteiger partial charge on any atom is 0.279 e. The first-order valence-corrected chi connectivity index (χ1v) is 8.21. The zero-order valence-electron chi connectivity index (χ0n) is 13.2. The molecule has 6 nitrogen and oxygen atoms in total. The van der Waals surface area contributed by atoms with E-state index in [9.17, 15) is 9.59 Å². The molecule has 2 N–H and O–H groups in total. The molecule has 122 valence electrons. The van der Waals surface area contributed by atoms with Crippen LogP contribution in [0.25, 0.3) is 5.69 Å². The van der Waals surface area contributed by atoms with E-state index in [1.54, 1.807) is 29.1 Å². The fraction of sp³-hybridized carbons (Fsp3) is 0.118. The smallest absolute Gasteiger partial charge is 0.267 e. The van der Waals surface area contributed by atoms with E-state index in [-0.39, 0.29) is 5.91 Å². The van der Waals surface area contributed by atoms with Crippen LogP contribution in [0.1, 0.15) is 31.4 Å². The minimum absolute atomic E-state index is 0.343. The van der Waals surface area contributed by atoms with Crippen LogP contribution in [0.5, 0.6) is 0 Å². The molecule has 0 saturated heterocycles. The van der Waals surface area contributed by atoms with Gasteiger partial charge in [0.1, 0.15) is 0 Å². The third-order valence-corrected chi connectivity index (χ3v) is 4.42. The van der Waals surface area contributed by atoms with Crippen LogP contribution in [-0.4, -0.2) is 21.6 Å². The van der Waals surface area contributed by atoms with E-state index in [0.29, 0.717) is 21.8 Å². The van der Waals surface area contributed by atoms with Crippen molar-refractivity contribution in [2.45, 2.75) is 13.8 Å². The summed E-state index contributed by atoms with van der Waals surface area (Å²) in [5.74, 6) is -0.735. The van der Waals surface area contributed by atoms with Gasteiger partial charge in [0.05, 0.1) is 27.5 Å². The highest BCUT2D eigenvalue weighted by atomic mass is 32.1. The average molecular weight is 340 g/mol. The molecule has 2 heterocycles. The lowest BCUT2D eigenvalue weighted by molar-refractivity contribution is 0.0848. The van der Waals surface area contributed by atoms with Gasteiger partial charge in [0.15, 0.2) is 0 Å². The normalized spacial score (nSPS) is 10.4. The number of benzene rings is 1. The number of hydrogen-bond acceptors (Lipinski definition) is 4. The van der Waals surface area contributed by atoms with Crippen LogP contribution < -0.4 is 10.9 Å². The standard InChI is InChI=1S/C17H16N4O2S/c1-11-15(12(2)21(20-11)13-7-4-3-5-8-13)17(23)19-18-16(22)14-9-6-10-24-14/h3-10H,1-2H3,(H,18,22)(H,19,23). The molecule has 3 rings (SSSR count). The van der Waals surface area contributed by atoms with Crippen LogP contribution in [0.2, 0.25) is 0 Å². The first-order chi connectivity index (χ1) is 11.6. The van der Waals surface area contributed by atoms with E-state index in [2.05, 4.69) is 16.0 Å². The number of thiophene rings is 1. The van der Waals surface area contributed by atoms with E-state index in [1.165, 1.54) is 11.3 Å². The van der Waals surface area contributed by atoms with Crippen molar-refractivity contribution < 1.29 is 9.59 Å². The molecule has 0 spiro atoms. The Balaban J connectivity index is 1.78. The summed E-state index contributed by atoms with van der Waals surface area (Å²) in [6, 6.07) is 13.0. The molecule has 1 aromatic carbocycles. The summed E-state index contributed by atoms with van der Waals surface area (Å²) in [7, 11) is 0. The van der Waals surface area contributed by atoms with Gasteiger partial charge in [-0.25, -0.2) is 4.68 Å². The maximum atomic E-state index is 12.4. The van der Waals surface area contributed by atoms with Crippen LogP contribution in [-0.2, 0) is 0 Å². The predicted octanol–water partition coefficient (Wildman–Crippen LogP) is 2.63. The molecular weight excluding hydrogens is 324 g/mol. The van der Waals surface area contributed by atoms with Crippen LogP contribution in [0.15, 0.2) is 47.8 Å². The molecular formula is C17H16N4O2S. The summed E-state index contributed by atoms with van der Waals surface area (Å²) in [6.45, 7) is 3.59. The lowest BCUT2D eigenvalue weighted by Gasteiger charge is -2.07. The largest absolute Gasteiger partial charge is 0.279 e. The van der Waals surface area contributed by atoms with E-state index in [1.807, 2.05) is 37.3 Å². The number of hydrogen-bond donors (Lipinski definition) is 2. The summed E-state index contributed by atoms with van der Waals surface area (Å²) in [5, 5.41) is 6.22. The topological polar surface area (TPSA) is 76.0 Å². The molecule has 24 heavy (non-hydrogen) atoms. The molecule has 0 unspecified atom stereocenters. The molecule has 2 aromatic heterocycles. The third-order valence-electron chi connectivity index (χ3n) is 3.55. The van der Waals surface area contributed by atoms with Crippen molar-refractivity contribution in [2.75, 3.05) is 0 Å². The van der Waals surface area contributed by atoms with Crippen molar-refractivity contribution in [2.24, 2.45) is 0 Å². The van der Waals surface area contributed by atoms with Crippen molar-refractivity contribution in [3.63, 3.8) is 0 Å². The highest BCUT2D eigenvalue weighted by molar-refractivity contribution is 7.12. The minimum Gasteiger partial charge on any atom is -0.267 e. The lowest BCUT2D eigenvalue weighted by atomic mass is 10.2. The van der Waals surface area contributed by atoms with Gasteiger partial charge in [-0.05, 0) is 37.4 Å². The second-order valence-corrected chi connectivity index (χ2v) is 6.13. The summed E-state index contributed by atoms with van der Waals surface area (Å²) in [6.07, 6.45) is 0. The number of hydrazine groups is 1. The van der Waals surface area contributed by atoms with Crippen LogP contribution in [0.4, 0.5) is 0 Å². The zero-order chi connectivity index (χ0) is 17.1. The first kappa shape index (κ1) is 15.9. The second-order valence-electron chi connectivity index (χ2n) is 5.18. The van der Waals surface area contributed by atoms with Crippen molar-refractivity contribution >= 4 is 23.2 Å². The van der Waals surface area contributed by atoms with E-state index >= 15 is 0 Å². The predicted molar refractivity (Wildman–Crippen MR) is 92.3 cm³/mol. The Morgan fingerprint density at radius 3 is 2.38 bits per heavy atom. The number of nitrogens with one attached hydrogen (secondary N) is 2. The maximum absolute atomic E-state index is 12.4.